The highest BCUT2D eigenvalue weighted by Gasteiger charge is 2.36. The number of carbonyl (C=O) groups excluding carboxylic acids is 2. The van der Waals surface area contributed by atoms with Crippen molar-refractivity contribution >= 4 is 11.8 Å². The van der Waals surface area contributed by atoms with Crippen LogP contribution in [0.25, 0.3) is 0 Å². The Morgan fingerprint density at radius 1 is 1.26 bits per heavy atom. The minimum Gasteiger partial charge on any atom is -0.388 e. The molecule has 0 aromatic heterocycles. The molecule has 1 unspecified atom stereocenters. The fourth-order valence-corrected chi connectivity index (χ4v) is 3.03. The normalized spacial score (nSPS) is 23.5. The first-order valence-electron chi connectivity index (χ1n) is 7.27. The molecule has 0 heterocycles. The van der Waals surface area contributed by atoms with E-state index in [4.69, 9.17) is 0 Å². The van der Waals surface area contributed by atoms with Gasteiger partial charge in [-0.15, -0.1) is 0 Å². The highest BCUT2D eigenvalue weighted by Crippen LogP contribution is 2.31. The van der Waals surface area contributed by atoms with Crippen LogP contribution in [0.3, 0.4) is 0 Å². The van der Waals surface area contributed by atoms with Gasteiger partial charge in [0.2, 0.25) is 11.8 Å². The number of nitrogens with one attached hydrogen (secondary N) is 2. The lowest BCUT2D eigenvalue weighted by atomic mass is 9.80. The van der Waals surface area contributed by atoms with Gasteiger partial charge in [-0.1, -0.05) is 12.8 Å². The fourth-order valence-electron chi connectivity index (χ4n) is 3.03. The van der Waals surface area contributed by atoms with Crippen LogP contribution in [0.5, 0.6) is 0 Å². The van der Waals surface area contributed by atoms with Gasteiger partial charge in [0, 0.05) is 13.5 Å². The molecular weight excluding hydrogens is 244 g/mol. The summed E-state index contributed by atoms with van der Waals surface area (Å²) in [6.07, 6.45) is 6.74. The maximum absolute atomic E-state index is 12.2. The molecule has 0 spiro atoms. The number of aliphatic hydroxyl groups is 1. The molecule has 2 aliphatic carbocycles. The molecule has 0 bridgehead atoms. The van der Waals surface area contributed by atoms with Crippen LogP contribution in [0.1, 0.15) is 51.9 Å². The summed E-state index contributed by atoms with van der Waals surface area (Å²) in [6.45, 7) is 1.74. The van der Waals surface area contributed by atoms with Gasteiger partial charge in [0.05, 0.1) is 5.60 Å². The molecule has 5 nitrogen and oxygen atoms in total. The van der Waals surface area contributed by atoms with Crippen molar-refractivity contribution in [1.29, 1.82) is 0 Å². The zero-order valence-corrected chi connectivity index (χ0v) is 11.6. The van der Waals surface area contributed by atoms with Crippen LogP contribution >= 0.6 is 0 Å². The molecule has 0 aromatic rings. The van der Waals surface area contributed by atoms with Crippen LogP contribution in [-0.4, -0.2) is 35.1 Å². The predicted molar refractivity (Wildman–Crippen MR) is 71.4 cm³/mol. The average Bonchev–Trinajstić information content (AvgIpc) is 2.84. The number of rotatable bonds is 5. The van der Waals surface area contributed by atoms with Crippen molar-refractivity contribution in [3.05, 3.63) is 0 Å². The van der Waals surface area contributed by atoms with Gasteiger partial charge < -0.3 is 15.7 Å². The van der Waals surface area contributed by atoms with Crippen LogP contribution in [0.15, 0.2) is 0 Å². The quantitative estimate of drug-likeness (QED) is 0.687. The predicted octanol–water partition coefficient (Wildman–Crippen LogP) is 0.712. The number of hydrogen-bond acceptors (Lipinski definition) is 3. The topological polar surface area (TPSA) is 78.4 Å². The van der Waals surface area contributed by atoms with E-state index in [1.807, 2.05) is 0 Å². The van der Waals surface area contributed by atoms with Gasteiger partial charge in [-0.2, -0.15) is 0 Å². The molecule has 0 radical (unpaired) electrons. The number of carbonyl (C=O) groups is 2. The monoisotopic (exact) mass is 268 g/mol. The van der Waals surface area contributed by atoms with E-state index in [-0.39, 0.29) is 17.7 Å². The van der Waals surface area contributed by atoms with E-state index in [0.29, 0.717) is 6.54 Å². The summed E-state index contributed by atoms with van der Waals surface area (Å²) in [5.41, 5.74) is -0.716. The second-order valence-corrected chi connectivity index (χ2v) is 6.02. The van der Waals surface area contributed by atoms with Crippen molar-refractivity contribution in [3.8, 4) is 0 Å². The Labute approximate surface area is 114 Å². The van der Waals surface area contributed by atoms with E-state index in [0.717, 1.165) is 44.9 Å². The SMILES string of the molecule is CC(=O)NC(C(=O)NCC1(O)CCC1)C1CCCC1. The van der Waals surface area contributed by atoms with Crippen molar-refractivity contribution in [3.63, 3.8) is 0 Å². The van der Waals surface area contributed by atoms with Gasteiger partial charge in [0.15, 0.2) is 0 Å². The molecule has 0 aliphatic heterocycles. The fraction of sp³-hybridized carbons (Fsp3) is 0.857. The molecule has 5 heteroatoms. The minimum absolute atomic E-state index is 0.151. The molecule has 2 aliphatic rings. The Hall–Kier alpha value is -1.10. The second-order valence-electron chi connectivity index (χ2n) is 6.02. The summed E-state index contributed by atoms with van der Waals surface area (Å²) in [7, 11) is 0. The van der Waals surface area contributed by atoms with Crippen LogP contribution in [0.4, 0.5) is 0 Å². The Kier molecular flexibility index (Phi) is 4.45. The lowest BCUT2D eigenvalue weighted by molar-refractivity contribution is -0.131. The number of amides is 2. The molecule has 2 rings (SSSR count). The molecule has 2 fully saturated rings. The molecule has 2 amide bonds. The van der Waals surface area contributed by atoms with E-state index in [9.17, 15) is 14.7 Å². The van der Waals surface area contributed by atoms with Crippen molar-refractivity contribution in [2.75, 3.05) is 6.54 Å². The van der Waals surface area contributed by atoms with Crippen molar-refractivity contribution < 1.29 is 14.7 Å². The molecular formula is C14H24N2O3. The maximum Gasteiger partial charge on any atom is 0.242 e. The van der Waals surface area contributed by atoms with Crippen LogP contribution < -0.4 is 10.6 Å². The summed E-state index contributed by atoms with van der Waals surface area (Å²) < 4.78 is 0. The summed E-state index contributed by atoms with van der Waals surface area (Å²) in [4.78, 5) is 23.5. The maximum atomic E-state index is 12.2. The molecule has 19 heavy (non-hydrogen) atoms. The first-order chi connectivity index (χ1) is 9.00. The molecule has 108 valence electrons. The van der Waals surface area contributed by atoms with Crippen LogP contribution in [0.2, 0.25) is 0 Å². The van der Waals surface area contributed by atoms with Gasteiger partial charge in [0.25, 0.3) is 0 Å². The third-order valence-corrected chi connectivity index (χ3v) is 4.39. The zero-order valence-electron chi connectivity index (χ0n) is 11.6. The lowest BCUT2D eigenvalue weighted by Crippen LogP contribution is -2.54. The summed E-state index contributed by atoms with van der Waals surface area (Å²) >= 11 is 0. The third-order valence-electron chi connectivity index (χ3n) is 4.39. The molecule has 0 saturated heterocycles. The van der Waals surface area contributed by atoms with E-state index < -0.39 is 11.6 Å². The smallest absolute Gasteiger partial charge is 0.242 e. The Bertz CT molecular complexity index is 347. The lowest BCUT2D eigenvalue weighted by Gasteiger charge is -2.37. The van der Waals surface area contributed by atoms with Gasteiger partial charge in [-0.05, 0) is 38.0 Å². The highest BCUT2D eigenvalue weighted by molar-refractivity contribution is 5.87. The largest absolute Gasteiger partial charge is 0.388 e. The minimum atomic E-state index is -0.716. The second kappa shape index (κ2) is 5.90. The van der Waals surface area contributed by atoms with Gasteiger partial charge in [-0.3, -0.25) is 9.59 Å². The molecule has 1 atom stereocenters. The summed E-state index contributed by atoms with van der Waals surface area (Å²) in [5.74, 6) is -0.0863. The summed E-state index contributed by atoms with van der Waals surface area (Å²) in [6, 6.07) is -0.441. The summed E-state index contributed by atoms with van der Waals surface area (Å²) in [5, 5.41) is 15.6. The Balaban J connectivity index is 1.88. The zero-order chi connectivity index (χ0) is 13.9. The first kappa shape index (κ1) is 14.3. The van der Waals surface area contributed by atoms with E-state index in [2.05, 4.69) is 10.6 Å². The Morgan fingerprint density at radius 3 is 2.37 bits per heavy atom. The van der Waals surface area contributed by atoms with Crippen LogP contribution in [0, 0.1) is 5.92 Å². The van der Waals surface area contributed by atoms with E-state index in [1.54, 1.807) is 0 Å². The van der Waals surface area contributed by atoms with Crippen LogP contribution in [-0.2, 0) is 9.59 Å². The number of hydrogen-bond donors (Lipinski definition) is 3. The van der Waals surface area contributed by atoms with Gasteiger partial charge in [-0.25, -0.2) is 0 Å². The Morgan fingerprint density at radius 2 is 1.89 bits per heavy atom. The molecule has 2 saturated carbocycles. The highest BCUT2D eigenvalue weighted by atomic mass is 16.3. The van der Waals surface area contributed by atoms with Crippen molar-refractivity contribution in [2.45, 2.75) is 63.5 Å². The van der Waals surface area contributed by atoms with Gasteiger partial charge >= 0.3 is 0 Å². The molecule has 3 N–H and O–H groups in total. The van der Waals surface area contributed by atoms with Gasteiger partial charge in [0.1, 0.15) is 6.04 Å². The standard InChI is InChI=1S/C14H24N2O3/c1-10(17)16-12(11-5-2-3-6-11)13(18)15-9-14(19)7-4-8-14/h11-12,19H,2-9H2,1H3,(H,15,18)(H,16,17). The van der Waals surface area contributed by atoms with E-state index in [1.165, 1.54) is 6.92 Å². The van der Waals surface area contributed by atoms with Crippen molar-refractivity contribution in [1.82, 2.24) is 10.6 Å². The van der Waals surface area contributed by atoms with Crippen molar-refractivity contribution in [2.24, 2.45) is 5.92 Å². The molecule has 0 aromatic carbocycles. The first-order valence-corrected chi connectivity index (χ1v) is 7.27. The third kappa shape index (κ3) is 3.69. The van der Waals surface area contributed by atoms with E-state index >= 15 is 0 Å². The average molecular weight is 268 g/mol.